The normalized spacial score (nSPS) is 12.2. The van der Waals surface area contributed by atoms with Crippen LogP contribution in [0.4, 0.5) is 115 Å². The fraction of sp³-hybridized carbons (Fsp3) is 0.202. The Kier molecular flexibility index (Phi) is 45.7. The van der Waals surface area contributed by atoms with Gasteiger partial charge < -0.3 is 111 Å². The van der Waals surface area contributed by atoms with Crippen molar-refractivity contribution >= 4 is 288 Å². The van der Waals surface area contributed by atoms with Gasteiger partial charge in [-0.25, -0.2) is 49.3 Å². The largest absolute Gasteiger partial charge is 1.00 e. The number of carbonyl (C=O) groups excluding carboxylic acids is 6. The molecule has 742 valence electrons. The molecule has 14 aromatic rings. The maximum atomic E-state index is 12.4. The number of likely N-dealkylation sites (N-methyl/N-ethyl adjacent to an activating group) is 2. The number of anilines is 18. The molecule has 12 aromatic heterocycles. The van der Waals surface area contributed by atoms with Gasteiger partial charge in [0.15, 0.2) is 23.2 Å². The Morgan fingerprint density at radius 3 is 1.30 bits per heavy atom. The molecule has 2 fully saturated rings. The number of Topliss-reactive ketones (excluding diaryl/α,β-unsaturated/α-hetero) is 2. The third-order valence-electron chi connectivity index (χ3n) is 19.1. The van der Waals surface area contributed by atoms with Crippen LogP contribution in [0, 0.1) is 34.6 Å². The molecule has 0 aliphatic carbocycles. The van der Waals surface area contributed by atoms with E-state index < -0.39 is 27.8 Å². The molecule has 2 aromatic carbocycles. The zero-order valence-corrected chi connectivity index (χ0v) is 85.5. The Balaban J connectivity index is 0.000000224. The molecule has 0 spiro atoms. The van der Waals surface area contributed by atoms with Crippen molar-refractivity contribution in [3.63, 3.8) is 0 Å². The number of nitrogen functional groups attached to an aromatic ring is 4. The van der Waals surface area contributed by atoms with Crippen LogP contribution in [-0.2, 0) is 31.9 Å². The zero-order chi connectivity index (χ0) is 101. The van der Waals surface area contributed by atoms with Crippen molar-refractivity contribution in [1.82, 2.24) is 69.6 Å². The van der Waals surface area contributed by atoms with Gasteiger partial charge in [0.2, 0.25) is 43.3 Å². The number of piperazine rings is 2. The minimum Gasteiger partial charge on any atom is -0.870 e. The number of nitrogens with zero attached hydrogens (tertiary/aromatic N) is 18. The summed E-state index contributed by atoms with van der Waals surface area (Å²) in [7, 11) is 10.2. The van der Waals surface area contributed by atoms with Crippen molar-refractivity contribution in [1.29, 1.82) is 0 Å². The topological polar surface area (TPSA) is 637 Å². The predicted octanol–water partition coefficient (Wildman–Crippen LogP) is 14.4. The fourth-order valence-electron chi connectivity index (χ4n) is 12.1. The van der Waals surface area contributed by atoms with E-state index in [0.29, 0.717) is 69.6 Å². The average molecular weight is 2170 g/mol. The first kappa shape index (κ1) is 115. The number of rotatable bonds is 17. The van der Waals surface area contributed by atoms with Gasteiger partial charge in [-0.1, -0.05) is 11.6 Å². The van der Waals surface area contributed by atoms with Gasteiger partial charge in [0.25, 0.3) is 0 Å². The van der Waals surface area contributed by atoms with E-state index in [1.54, 1.807) is 72.3 Å². The first-order chi connectivity index (χ1) is 66.6. The third kappa shape index (κ3) is 32.8. The molecule has 45 nitrogen and oxygen atoms in total. The van der Waals surface area contributed by atoms with Crippen molar-refractivity contribution < 1.29 is 91.8 Å². The summed E-state index contributed by atoms with van der Waals surface area (Å²) in [4.78, 5) is 154. The Labute approximate surface area is 874 Å². The number of methoxy groups -OCH3 is 4. The summed E-state index contributed by atoms with van der Waals surface area (Å²) in [5.41, 5.74) is 31.7. The summed E-state index contributed by atoms with van der Waals surface area (Å²) in [5.74, 6) is 1.92. The number of aryl methyl sites for hydroxylation is 1. The first-order valence-electron chi connectivity index (χ1n) is 39.8. The monoisotopic (exact) mass is 2170 g/mol. The van der Waals surface area contributed by atoms with E-state index >= 15 is 0 Å². The summed E-state index contributed by atoms with van der Waals surface area (Å²) >= 11 is 41.3. The Bertz CT molecular complexity index is 6710. The van der Waals surface area contributed by atoms with E-state index in [1.165, 1.54) is 71.2 Å². The van der Waals surface area contributed by atoms with E-state index in [1.807, 2.05) is 65.5 Å². The van der Waals surface area contributed by atoms with Gasteiger partial charge in [-0.3, -0.25) is 29.8 Å². The van der Waals surface area contributed by atoms with Gasteiger partial charge in [0, 0.05) is 123 Å². The molecule has 4 aliphatic heterocycles. The first-order valence-corrected chi connectivity index (χ1v) is 47.3. The number of ketones is 2. The van der Waals surface area contributed by atoms with E-state index in [4.69, 9.17) is 117 Å². The number of fused-ring (bicyclic) bond motifs is 4. The van der Waals surface area contributed by atoms with Crippen LogP contribution in [0.25, 0.3) is 0 Å². The smallest absolute Gasteiger partial charge is 0.870 e. The number of nitrogens with one attached hydrogen (secondary N) is 6. The van der Waals surface area contributed by atoms with Crippen LogP contribution in [0.15, 0.2) is 142 Å². The minimum atomic E-state index is -1.01. The number of nitro groups is 2. The van der Waals surface area contributed by atoms with Crippen LogP contribution in [0.1, 0.15) is 64.4 Å². The summed E-state index contributed by atoms with van der Waals surface area (Å²) < 4.78 is 20.2. The second-order valence-electron chi connectivity index (χ2n) is 28.1. The molecular formula is C84H84Cl6LiN28O17S6-. The molecule has 2 saturated heterocycles. The van der Waals surface area contributed by atoms with Gasteiger partial charge in [-0.05, 0) is 172 Å². The number of aromatic carboxylic acids is 1. The van der Waals surface area contributed by atoms with Crippen LogP contribution >= 0.6 is 138 Å². The van der Waals surface area contributed by atoms with Crippen molar-refractivity contribution in [2.75, 3.05) is 160 Å². The number of esters is 2. The molecule has 0 unspecified atom stereocenters. The maximum Gasteiger partial charge on any atom is 1.00 e. The Morgan fingerprint density at radius 2 is 0.866 bits per heavy atom. The standard InChI is InChI=1S/C22H24N6O2S.C12H19N3O.C10H7ClN4O4S.C10H9ClN4O2S.C10H6ClN3OS.C9H7ClN4O2S.C5H7NS.C4HCl2N3O2.CO2.CH3.Li.H2O/c1-27-6-8-28(9-7-27)15-3-4-16(19(12-15)30-2)25-22-23-13-14-11-18(29)20-17(5-10-31-20)24-21(14)26-22;1-14-5-7-15(8-6-14)10-3-4-11(13)12(9-10)16-2;1-19-9(16)7-5(2-3-20-7)13-8-6(15(17)18)4-12-10(11)14-8;1-17-9(16)7-6(2-3-18-7)14-8-5(12)4-13-10(11)15-8;11-10-12-4-5-3-7(15)8-6(1-2-16-8)13-9(5)14-10;10-9-12-3-4(11)7(14-9)13-5-1-2-17-6(5)8(15)16;1-4-5(6)2-3-7-4;5-3-2(9(10)11)1-7-4(6)8-3;2-1-3;;;/h3-5,10,12-13H,6-9,11H2,1-2H3,(H2,23,24,25,26);3-4,9H,5-8,13H2,1-2H3;2-4H,1H3,(H,12,13,14);2-4H,12H2,1H3,(H,13,14,15);1-2,4H,3H2,(H,12,13,14);1-3H,11H2,(H,15,16)(H,12,13,14);2-3H,6H2,1H3;1H;;1H3;;1H2/q;;;;;;;;;-1;+1;/p-1. The Hall–Kier alpha value is -13.5. The predicted molar refractivity (Wildman–Crippen MR) is 548 cm³/mol. The van der Waals surface area contributed by atoms with Crippen LogP contribution in [0.2, 0.25) is 31.6 Å². The average Bonchev–Trinajstić information content (AvgIpc) is 1.63. The fourth-order valence-corrected chi connectivity index (χ4v) is 17.4. The number of benzene rings is 2. The summed E-state index contributed by atoms with van der Waals surface area (Å²) in [5, 5.41) is 58.7. The third-order valence-corrected chi connectivity index (χ3v) is 25.8. The number of ether oxygens (including phenoxy) is 4. The number of aromatic nitrogens is 12. The van der Waals surface area contributed by atoms with Gasteiger partial charge >= 0.3 is 54.3 Å². The molecular weight excluding hydrogens is 2090 g/mol. The van der Waals surface area contributed by atoms with Crippen molar-refractivity contribution in [2.45, 2.75) is 19.8 Å². The number of hydrogen-bond donors (Lipinski definition) is 11. The molecule has 0 radical (unpaired) electrons. The van der Waals surface area contributed by atoms with E-state index in [2.05, 4.69) is 147 Å². The summed E-state index contributed by atoms with van der Waals surface area (Å²) in [6, 6.07) is 22.7. The molecule has 0 bridgehead atoms. The van der Waals surface area contributed by atoms with Crippen molar-refractivity contribution in [2.24, 2.45) is 0 Å². The SMILES string of the molecule is COC(=O)c1sccc1Nc1nc(Cl)ncc1N.COC(=O)c1sccc1Nc1nc(Cl)ncc1[N+](=O)[O-].COc1cc(N2CCN(C)CC2)ccc1N.COc1cc(N2CCN(C)CC2)ccc1Nc1ncc2c(n1)Nc1ccsc1C(=O)C2.Cc1sccc1N.Nc1cnc(Cl)nc1Nc1ccsc1C(=O)O.O=C1Cc2cnc(Cl)nc2Nc2ccsc21.O=C=O.O=[N+]([O-])c1cnc(Cl)nc1Cl.[CH3-].[Li+].[OH-]. The second-order valence-corrected chi connectivity index (χ2v) is 35.9. The van der Waals surface area contributed by atoms with Crippen molar-refractivity contribution in [3.05, 3.63) is 242 Å². The van der Waals surface area contributed by atoms with E-state index in [-0.39, 0.29) is 120 Å². The van der Waals surface area contributed by atoms with Gasteiger partial charge in [-0.15, -0.1) is 68.0 Å². The number of carboxylic acid groups (broad SMARTS) is 1. The summed E-state index contributed by atoms with van der Waals surface area (Å²) in [6.45, 7) is 10.4. The summed E-state index contributed by atoms with van der Waals surface area (Å²) in [6.07, 6.45) is 8.83. The molecule has 4 aliphatic rings. The maximum absolute atomic E-state index is 12.4. The Morgan fingerprint density at radius 1 is 0.472 bits per heavy atom. The van der Waals surface area contributed by atoms with Crippen LogP contribution in [-0.4, -0.2) is 221 Å². The van der Waals surface area contributed by atoms with Gasteiger partial charge in [0.05, 0.1) is 112 Å². The second kappa shape index (κ2) is 56.2. The van der Waals surface area contributed by atoms with Crippen LogP contribution in [0.3, 0.4) is 0 Å². The number of hydrogen-bond acceptors (Lipinski definition) is 48. The number of halogens is 6. The molecule has 58 heteroatoms. The molecule has 0 atom stereocenters. The number of thiophene rings is 6. The minimum absolute atomic E-state index is 0. The van der Waals surface area contributed by atoms with Crippen LogP contribution in [0.5, 0.6) is 11.5 Å². The molecule has 16 heterocycles. The van der Waals surface area contributed by atoms with Crippen LogP contribution < -0.4 is 93.0 Å². The van der Waals surface area contributed by atoms with Crippen molar-refractivity contribution in [3.8, 4) is 11.5 Å². The quantitative estimate of drug-likeness (QED) is 0.00589. The molecule has 142 heavy (non-hydrogen) atoms. The molecule has 16 N–H and O–H groups in total. The van der Waals surface area contributed by atoms with Gasteiger partial charge in [0.1, 0.15) is 50.2 Å². The molecule has 0 amide bonds. The number of carbonyl (C=O) groups is 5. The number of carboxylic acids is 1. The number of nitrogens with two attached hydrogens (primary N) is 4. The van der Waals surface area contributed by atoms with E-state index in [9.17, 15) is 44.2 Å². The van der Waals surface area contributed by atoms with E-state index in [0.717, 1.165) is 148 Å². The molecule has 0 saturated carbocycles. The van der Waals surface area contributed by atoms with Gasteiger partial charge in [-0.2, -0.15) is 34.5 Å². The zero-order valence-electron chi connectivity index (χ0n) is 76.0. The molecule has 18 rings (SSSR count).